The van der Waals surface area contributed by atoms with Gasteiger partial charge in [0.1, 0.15) is 17.9 Å². The van der Waals surface area contributed by atoms with Crippen LogP contribution in [0.5, 0.6) is 5.75 Å². The lowest BCUT2D eigenvalue weighted by molar-refractivity contribution is -0.123. The van der Waals surface area contributed by atoms with Gasteiger partial charge in [-0.1, -0.05) is 18.2 Å². The summed E-state index contributed by atoms with van der Waals surface area (Å²) >= 11 is 0. The maximum Gasteiger partial charge on any atom is 0.258 e. The third-order valence-corrected chi connectivity index (χ3v) is 3.43. The van der Waals surface area contributed by atoms with Gasteiger partial charge in [-0.05, 0) is 36.2 Å². The summed E-state index contributed by atoms with van der Waals surface area (Å²) in [6, 6.07) is 11.4. The van der Waals surface area contributed by atoms with Crippen LogP contribution in [0.2, 0.25) is 0 Å². The van der Waals surface area contributed by atoms with E-state index in [0.717, 1.165) is 16.9 Å². The van der Waals surface area contributed by atoms with E-state index in [1.165, 1.54) is 0 Å². The highest BCUT2D eigenvalue weighted by atomic mass is 16.5. The minimum absolute atomic E-state index is 0.00992. The van der Waals surface area contributed by atoms with Gasteiger partial charge in [-0.15, -0.1) is 0 Å². The number of rotatable bonds is 6. The number of aromatic nitrogens is 3. The van der Waals surface area contributed by atoms with Crippen LogP contribution in [0.25, 0.3) is 5.82 Å². The van der Waals surface area contributed by atoms with Crippen molar-refractivity contribution < 1.29 is 9.53 Å². The van der Waals surface area contributed by atoms with Crippen LogP contribution >= 0.6 is 0 Å². The van der Waals surface area contributed by atoms with Crippen molar-refractivity contribution in [1.82, 2.24) is 19.9 Å². The molecular formula is C18H18N4O2. The van der Waals surface area contributed by atoms with Gasteiger partial charge in [-0.2, -0.15) is 0 Å². The van der Waals surface area contributed by atoms with Crippen molar-refractivity contribution in [1.29, 1.82) is 0 Å². The molecule has 24 heavy (non-hydrogen) atoms. The number of amides is 1. The number of hydrogen-bond acceptors (Lipinski definition) is 4. The number of benzene rings is 1. The van der Waals surface area contributed by atoms with Crippen LogP contribution in [0.4, 0.5) is 0 Å². The molecule has 122 valence electrons. The van der Waals surface area contributed by atoms with Gasteiger partial charge in [0.2, 0.25) is 0 Å². The molecule has 2 heterocycles. The fraction of sp³-hybridized carbons (Fsp3) is 0.167. The molecule has 6 heteroatoms. The molecule has 6 nitrogen and oxygen atoms in total. The van der Waals surface area contributed by atoms with Gasteiger partial charge in [-0.25, -0.2) is 9.97 Å². The minimum Gasteiger partial charge on any atom is -0.484 e. The fourth-order valence-corrected chi connectivity index (χ4v) is 2.17. The first-order valence-corrected chi connectivity index (χ1v) is 7.60. The third kappa shape index (κ3) is 4.19. The highest BCUT2D eigenvalue weighted by molar-refractivity contribution is 5.77. The number of carbonyl (C=O) groups excluding carboxylic acids is 1. The topological polar surface area (TPSA) is 69.0 Å². The molecule has 3 aromatic rings. The smallest absolute Gasteiger partial charge is 0.258 e. The molecule has 1 amide bonds. The quantitative estimate of drug-likeness (QED) is 0.756. The van der Waals surface area contributed by atoms with Crippen molar-refractivity contribution in [3.05, 3.63) is 72.4 Å². The molecule has 0 aliphatic carbocycles. The van der Waals surface area contributed by atoms with E-state index in [1.807, 2.05) is 54.1 Å². The molecule has 1 N–H and O–H groups in total. The standard InChI is InChI=1S/C18H18N4O2/c1-14-3-2-4-16(9-14)24-12-18(23)21-11-15-5-6-17(20-10-15)22-8-7-19-13-22/h2-10,13H,11-12H2,1H3,(H,21,23). The predicted octanol–water partition coefficient (Wildman–Crippen LogP) is 2.27. The predicted molar refractivity (Wildman–Crippen MR) is 89.9 cm³/mol. The molecule has 0 spiro atoms. The van der Waals surface area contributed by atoms with E-state index < -0.39 is 0 Å². The summed E-state index contributed by atoms with van der Waals surface area (Å²) < 4.78 is 7.28. The monoisotopic (exact) mass is 322 g/mol. The van der Waals surface area contributed by atoms with Crippen molar-refractivity contribution >= 4 is 5.91 Å². The van der Waals surface area contributed by atoms with Crippen LogP contribution in [0.3, 0.4) is 0 Å². The number of nitrogens with zero attached hydrogens (tertiary/aromatic N) is 3. The molecule has 0 radical (unpaired) electrons. The van der Waals surface area contributed by atoms with Crippen LogP contribution in [0.15, 0.2) is 61.3 Å². The average molecular weight is 322 g/mol. The summed E-state index contributed by atoms with van der Waals surface area (Å²) in [5.41, 5.74) is 2.01. The van der Waals surface area contributed by atoms with Crippen LogP contribution in [-0.2, 0) is 11.3 Å². The van der Waals surface area contributed by atoms with E-state index in [2.05, 4.69) is 15.3 Å². The first kappa shape index (κ1) is 15.7. The Bertz CT molecular complexity index is 798. The van der Waals surface area contributed by atoms with E-state index in [9.17, 15) is 4.79 Å². The minimum atomic E-state index is -0.171. The lowest BCUT2D eigenvalue weighted by Gasteiger charge is -2.08. The molecule has 2 aromatic heterocycles. The molecular weight excluding hydrogens is 304 g/mol. The maximum atomic E-state index is 11.9. The van der Waals surface area contributed by atoms with Crippen molar-refractivity contribution in [2.45, 2.75) is 13.5 Å². The van der Waals surface area contributed by atoms with E-state index in [-0.39, 0.29) is 12.5 Å². The first-order chi connectivity index (χ1) is 11.7. The zero-order chi connectivity index (χ0) is 16.8. The molecule has 0 bridgehead atoms. The molecule has 3 rings (SSSR count). The second-order valence-corrected chi connectivity index (χ2v) is 5.38. The Labute approximate surface area is 140 Å². The number of imidazole rings is 1. The second-order valence-electron chi connectivity index (χ2n) is 5.38. The second kappa shape index (κ2) is 7.41. The Morgan fingerprint density at radius 3 is 2.92 bits per heavy atom. The lowest BCUT2D eigenvalue weighted by Crippen LogP contribution is -2.28. The molecule has 0 unspecified atom stereocenters. The first-order valence-electron chi connectivity index (χ1n) is 7.60. The van der Waals surface area contributed by atoms with Gasteiger partial charge in [0.15, 0.2) is 6.61 Å². The largest absolute Gasteiger partial charge is 0.484 e. The molecule has 0 aliphatic heterocycles. The third-order valence-electron chi connectivity index (χ3n) is 3.43. The summed E-state index contributed by atoms with van der Waals surface area (Å²) in [5, 5.41) is 2.81. The highest BCUT2D eigenvalue weighted by Crippen LogP contribution is 2.12. The van der Waals surface area contributed by atoms with Gasteiger partial charge in [0, 0.05) is 25.1 Å². The van der Waals surface area contributed by atoms with E-state index >= 15 is 0 Å². The Hall–Kier alpha value is -3.15. The maximum absolute atomic E-state index is 11.9. The van der Waals surface area contributed by atoms with Crippen LogP contribution in [0, 0.1) is 6.92 Å². The fourth-order valence-electron chi connectivity index (χ4n) is 2.17. The number of nitrogens with one attached hydrogen (secondary N) is 1. The summed E-state index contributed by atoms with van der Waals surface area (Å²) in [6.07, 6.45) is 6.94. The van der Waals surface area contributed by atoms with Crippen molar-refractivity contribution in [2.24, 2.45) is 0 Å². The van der Waals surface area contributed by atoms with Crippen LogP contribution < -0.4 is 10.1 Å². The Morgan fingerprint density at radius 2 is 2.21 bits per heavy atom. The zero-order valence-electron chi connectivity index (χ0n) is 13.3. The summed E-state index contributed by atoms with van der Waals surface area (Å²) in [4.78, 5) is 20.2. The number of carbonyl (C=O) groups is 1. The van der Waals surface area contributed by atoms with Gasteiger partial charge in [0.05, 0.1) is 0 Å². The molecule has 0 fully saturated rings. The van der Waals surface area contributed by atoms with Crippen LogP contribution in [-0.4, -0.2) is 27.0 Å². The normalized spacial score (nSPS) is 10.4. The average Bonchev–Trinajstić information content (AvgIpc) is 3.13. The van der Waals surface area contributed by atoms with Crippen LogP contribution in [0.1, 0.15) is 11.1 Å². The number of pyridine rings is 1. The molecule has 0 atom stereocenters. The molecule has 0 saturated heterocycles. The zero-order valence-corrected chi connectivity index (χ0v) is 13.3. The Kier molecular flexibility index (Phi) is 4.86. The van der Waals surface area contributed by atoms with E-state index in [4.69, 9.17) is 4.74 Å². The molecule has 0 saturated carbocycles. The van der Waals surface area contributed by atoms with Crippen molar-refractivity contribution in [3.8, 4) is 11.6 Å². The van der Waals surface area contributed by atoms with Gasteiger partial charge < -0.3 is 10.1 Å². The summed E-state index contributed by atoms with van der Waals surface area (Å²) in [7, 11) is 0. The van der Waals surface area contributed by atoms with Gasteiger partial charge >= 0.3 is 0 Å². The van der Waals surface area contributed by atoms with Crippen molar-refractivity contribution in [3.63, 3.8) is 0 Å². The number of aryl methyl sites for hydroxylation is 1. The molecule has 0 aliphatic rings. The van der Waals surface area contributed by atoms with Crippen molar-refractivity contribution in [2.75, 3.05) is 6.61 Å². The number of ether oxygens (including phenoxy) is 1. The SMILES string of the molecule is Cc1cccc(OCC(=O)NCc2ccc(-n3ccnc3)nc2)c1. The van der Waals surface area contributed by atoms with E-state index in [1.54, 1.807) is 18.7 Å². The summed E-state index contributed by atoms with van der Waals surface area (Å²) in [6.45, 7) is 2.38. The summed E-state index contributed by atoms with van der Waals surface area (Å²) in [5.74, 6) is 1.30. The van der Waals surface area contributed by atoms with Gasteiger partial charge in [0.25, 0.3) is 5.91 Å². The van der Waals surface area contributed by atoms with E-state index in [0.29, 0.717) is 12.3 Å². The molecule has 1 aromatic carbocycles. The Morgan fingerprint density at radius 1 is 1.29 bits per heavy atom. The lowest BCUT2D eigenvalue weighted by atomic mass is 10.2. The Balaban J connectivity index is 1.47. The number of hydrogen-bond donors (Lipinski definition) is 1. The highest BCUT2D eigenvalue weighted by Gasteiger charge is 2.04. The van der Waals surface area contributed by atoms with Gasteiger partial charge in [-0.3, -0.25) is 9.36 Å².